The predicted molar refractivity (Wildman–Crippen MR) is 88.5 cm³/mol. The van der Waals surface area contributed by atoms with Crippen molar-refractivity contribution < 1.29 is 29.3 Å². The van der Waals surface area contributed by atoms with Gasteiger partial charge in [-0.1, -0.05) is 19.9 Å². The smallest absolute Gasteiger partial charge is 0.341 e. The molecule has 0 unspecified atom stereocenters. The van der Waals surface area contributed by atoms with E-state index < -0.39 is 29.1 Å². The molecule has 0 aromatic heterocycles. The number of rotatable bonds is 1. The van der Waals surface area contributed by atoms with Crippen LogP contribution in [0.5, 0.6) is 0 Å². The molecule has 0 aromatic rings. The monoisotopic (exact) mass is 353 g/mol. The van der Waals surface area contributed by atoms with Crippen LogP contribution < -0.4 is 0 Å². The van der Waals surface area contributed by atoms with E-state index in [9.17, 15) is 19.8 Å². The first kappa shape index (κ1) is 18.4. The lowest BCUT2D eigenvalue weighted by atomic mass is 9.71. The minimum atomic E-state index is -2.24. The zero-order valence-electron chi connectivity index (χ0n) is 15.2. The number of aliphatic hydroxyl groups is 2. The molecule has 0 aromatic carbocycles. The fourth-order valence-corrected chi connectivity index (χ4v) is 4.30. The molecule has 3 aliphatic heterocycles. The van der Waals surface area contributed by atoms with Crippen LogP contribution in [-0.4, -0.2) is 70.1 Å². The molecular formula is C18H27NO6. The van der Waals surface area contributed by atoms with Crippen molar-refractivity contribution >= 4 is 11.9 Å². The van der Waals surface area contributed by atoms with Gasteiger partial charge in [-0.25, -0.2) is 4.79 Å². The molecule has 0 radical (unpaired) electrons. The molecule has 140 valence electrons. The van der Waals surface area contributed by atoms with Crippen molar-refractivity contribution in [3.63, 3.8) is 0 Å². The first-order valence-electron chi connectivity index (χ1n) is 8.82. The molecule has 7 heteroatoms. The fraction of sp³-hybridized carbons (Fsp3) is 0.778. The molecule has 0 spiro atoms. The number of esters is 2. The van der Waals surface area contributed by atoms with Crippen molar-refractivity contribution in [2.24, 2.45) is 11.8 Å². The van der Waals surface area contributed by atoms with Crippen LogP contribution in [0.25, 0.3) is 0 Å². The molecule has 3 rings (SSSR count). The Morgan fingerprint density at radius 3 is 2.60 bits per heavy atom. The van der Waals surface area contributed by atoms with E-state index in [-0.39, 0.29) is 24.7 Å². The van der Waals surface area contributed by atoms with E-state index in [0.717, 1.165) is 18.7 Å². The Labute approximate surface area is 147 Å². The molecule has 0 saturated carbocycles. The van der Waals surface area contributed by atoms with Crippen molar-refractivity contribution in [3.05, 3.63) is 11.6 Å². The van der Waals surface area contributed by atoms with Crippen molar-refractivity contribution in [2.75, 3.05) is 19.7 Å². The number of nitrogens with zero attached hydrogens (tertiary/aromatic N) is 1. The number of ether oxygens (including phenoxy) is 2. The van der Waals surface area contributed by atoms with Crippen LogP contribution in [-0.2, 0) is 19.1 Å². The Morgan fingerprint density at radius 1 is 1.28 bits per heavy atom. The average Bonchev–Trinajstić information content (AvgIpc) is 3.06. The largest absolute Gasteiger partial charge is 0.460 e. The van der Waals surface area contributed by atoms with Crippen LogP contribution in [0.3, 0.4) is 0 Å². The molecule has 0 aliphatic carbocycles. The molecule has 0 bridgehead atoms. The quantitative estimate of drug-likeness (QED) is 0.515. The lowest BCUT2D eigenvalue weighted by Gasteiger charge is -2.42. The van der Waals surface area contributed by atoms with Crippen molar-refractivity contribution in [1.82, 2.24) is 4.90 Å². The summed E-state index contributed by atoms with van der Waals surface area (Å²) < 4.78 is 11.1. The maximum Gasteiger partial charge on any atom is 0.341 e. The van der Waals surface area contributed by atoms with Crippen LogP contribution in [0.1, 0.15) is 34.1 Å². The van der Waals surface area contributed by atoms with Crippen LogP contribution in [0.2, 0.25) is 0 Å². The van der Waals surface area contributed by atoms with Crippen molar-refractivity contribution in [2.45, 2.75) is 57.5 Å². The number of cyclic esters (lactones) is 1. The zero-order valence-corrected chi connectivity index (χ0v) is 15.2. The second-order valence-electron chi connectivity index (χ2n) is 8.00. The lowest BCUT2D eigenvalue weighted by Crippen LogP contribution is -2.63. The van der Waals surface area contributed by atoms with E-state index in [1.165, 1.54) is 13.8 Å². The Morgan fingerprint density at radius 2 is 1.96 bits per heavy atom. The van der Waals surface area contributed by atoms with Gasteiger partial charge in [-0.2, -0.15) is 0 Å². The van der Waals surface area contributed by atoms with Gasteiger partial charge in [0.25, 0.3) is 0 Å². The maximum absolute atomic E-state index is 12.9. The second kappa shape index (κ2) is 6.07. The topological polar surface area (TPSA) is 96.3 Å². The van der Waals surface area contributed by atoms with E-state index in [1.807, 2.05) is 6.08 Å². The lowest BCUT2D eigenvalue weighted by molar-refractivity contribution is -0.210. The molecule has 3 aliphatic rings. The summed E-state index contributed by atoms with van der Waals surface area (Å²) in [5, 5.41) is 21.7. The maximum atomic E-state index is 12.9. The van der Waals surface area contributed by atoms with E-state index in [4.69, 9.17) is 9.47 Å². The van der Waals surface area contributed by atoms with Gasteiger partial charge in [-0.3, -0.25) is 9.69 Å². The minimum absolute atomic E-state index is 0.0205. The van der Waals surface area contributed by atoms with Gasteiger partial charge in [0.1, 0.15) is 18.3 Å². The van der Waals surface area contributed by atoms with Crippen LogP contribution >= 0.6 is 0 Å². The third kappa shape index (κ3) is 2.78. The van der Waals surface area contributed by atoms with Gasteiger partial charge < -0.3 is 19.7 Å². The number of carbonyl (C=O) groups excluding carboxylic acids is 2. The Balaban J connectivity index is 2.02. The summed E-state index contributed by atoms with van der Waals surface area (Å²) in [6.45, 7) is 7.54. The van der Waals surface area contributed by atoms with Gasteiger partial charge in [0.05, 0.1) is 12.0 Å². The van der Waals surface area contributed by atoms with Crippen LogP contribution in [0.15, 0.2) is 11.6 Å². The molecule has 5 atom stereocenters. The molecule has 7 nitrogen and oxygen atoms in total. The Bertz CT molecular complexity index is 609. The normalized spacial score (nSPS) is 42.5. The van der Waals surface area contributed by atoms with Crippen LogP contribution in [0, 0.1) is 11.8 Å². The molecule has 3 heterocycles. The molecular weight excluding hydrogens is 326 g/mol. The van der Waals surface area contributed by atoms with Gasteiger partial charge in [0.15, 0.2) is 5.60 Å². The standard InChI is InChI=1S/C18H27NO6/c1-10(2)13-15(20)25-12-6-8-19-7-5-11(14(12)19)9-24-16(21)18(4,23)17(13,3)22/h5,10,12-14,22-23H,6-9H2,1-4H3/t12-,13-,14-,17-,18+/m1/s1. The number of carbonyl (C=O) groups is 2. The number of hydrogen-bond acceptors (Lipinski definition) is 7. The molecule has 25 heavy (non-hydrogen) atoms. The van der Waals surface area contributed by atoms with E-state index in [0.29, 0.717) is 6.42 Å². The summed E-state index contributed by atoms with van der Waals surface area (Å²) in [6.07, 6.45) is 2.34. The van der Waals surface area contributed by atoms with Gasteiger partial charge in [0, 0.05) is 13.1 Å². The average molecular weight is 353 g/mol. The molecule has 2 saturated heterocycles. The minimum Gasteiger partial charge on any atom is -0.460 e. The first-order chi connectivity index (χ1) is 11.6. The van der Waals surface area contributed by atoms with Crippen molar-refractivity contribution in [1.29, 1.82) is 0 Å². The third-order valence-electron chi connectivity index (χ3n) is 5.96. The zero-order chi connectivity index (χ0) is 18.6. The molecule has 2 fully saturated rings. The summed E-state index contributed by atoms with van der Waals surface area (Å²) in [5.74, 6) is -2.92. The van der Waals surface area contributed by atoms with Gasteiger partial charge in [-0.05, 0) is 31.8 Å². The SMILES string of the molecule is CC(C)[C@@H]1C(=O)O[C@@H]2CCN3CC=C(COC(=O)[C@](C)(O)[C@]1(C)O)[C@H]23. The fourth-order valence-electron chi connectivity index (χ4n) is 4.30. The van der Waals surface area contributed by atoms with Gasteiger partial charge in [0.2, 0.25) is 0 Å². The first-order valence-corrected chi connectivity index (χ1v) is 8.82. The highest BCUT2D eigenvalue weighted by Crippen LogP contribution is 2.39. The number of hydrogen-bond donors (Lipinski definition) is 2. The van der Waals surface area contributed by atoms with E-state index in [1.54, 1.807) is 13.8 Å². The Hall–Kier alpha value is -1.44. The highest BCUT2D eigenvalue weighted by atomic mass is 16.6. The Kier molecular flexibility index (Phi) is 4.46. The van der Waals surface area contributed by atoms with Crippen molar-refractivity contribution in [3.8, 4) is 0 Å². The molecule has 2 N–H and O–H groups in total. The highest BCUT2D eigenvalue weighted by Gasteiger charge is 2.58. The summed E-state index contributed by atoms with van der Waals surface area (Å²) in [4.78, 5) is 27.6. The van der Waals surface area contributed by atoms with Gasteiger partial charge in [-0.15, -0.1) is 0 Å². The van der Waals surface area contributed by atoms with Gasteiger partial charge >= 0.3 is 11.9 Å². The highest BCUT2D eigenvalue weighted by molar-refractivity contribution is 5.84. The van der Waals surface area contributed by atoms with E-state index >= 15 is 0 Å². The predicted octanol–water partition coefficient (Wildman–Crippen LogP) is 0.244. The van der Waals surface area contributed by atoms with E-state index in [2.05, 4.69) is 4.90 Å². The summed E-state index contributed by atoms with van der Waals surface area (Å²) in [5.41, 5.74) is -3.39. The third-order valence-corrected chi connectivity index (χ3v) is 5.96. The second-order valence-corrected chi connectivity index (χ2v) is 8.00. The summed E-state index contributed by atoms with van der Waals surface area (Å²) in [7, 11) is 0. The van der Waals surface area contributed by atoms with Crippen LogP contribution in [0.4, 0.5) is 0 Å². The molecule has 0 amide bonds. The summed E-state index contributed by atoms with van der Waals surface area (Å²) in [6, 6.07) is -0.0995. The summed E-state index contributed by atoms with van der Waals surface area (Å²) >= 11 is 0.